The van der Waals surface area contributed by atoms with Gasteiger partial charge in [-0.05, 0) is 42.0 Å². The molecule has 152 valence electrons. The minimum absolute atomic E-state index is 0.0369. The summed E-state index contributed by atoms with van der Waals surface area (Å²) in [6, 6.07) is 11.1. The maximum atomic E-state index is 13.0. The summed E-state index contributed by atoms with van der Waals surface area (Å²) in [5.41, 5.74) is 1.65. The molecule has 0 bridgehead atoms. The number of nitrogens with zero attached hydrogens (tertiary/aromatic N) is 1. The van der Waals surface area contributed by atoms with Crippen LogP contribution in [0.3, 0.4) is 0 Å². The minimum Gasteiger partial charge on any atom is -0.310 e. The van der Waals surface area contributed by atoms with Crippen molar-refractivity contribution in [3.05, 3.63) is 77.2 Å². The van der Waals surface area contributed by atoms with Crippen LogP contribution in [0.25, 0.3) is 0 Å². The standard InChI is InChI=1S/C22H23FN2O3S/c1-22(2,3)19-11-12-20(24-19)25-21(26)16-6-4-5-15(13-16)14-29(27,28)18-9-7-17(23)8-10-18/h4-11,13H,12,14H2,1-3H3,(H,24,25,26). The Hall–Kier alpha value is -2.80. The smallest absolute Gasteiger partial charge is 0.256 e. The molecule has 0 atom stereocenters. The van der Waals surface area contributed by atoms with Gasteiger partial charge in [0.1, 0.15) is 11.7 Å². The number of allylic oxidation sites excluding steroid dienone is 1. The third kappa shape index (κ3) is 5.17. The van der Waals surface area contributed by atoms with Crippen LogP contribution < -0.4 is 5.32 Å². The predicted molar refractivity (Wildman–Crippen MR) is 111 cm³/mol. The van der Waals surface area contributed by atoms with Crippen LogP contribution in [0.15, 0.2) is 70.2 Å². The van der Waals surface area contributed by atoms with Gasteiger partial charge >= 0.3 is 0 Å². The Balaban J connectivity index is 1.73. The number of halogens is 1. The van der Waals surface area contributed by atoms with E-state index >= 15 is 0 Å². The van der Waals surface area contributed by atoms with Crippen molar-refractivity contribution in [3.8, 4) is 0 Å². The molecule has 0 aromatic heterocycles. The van der Waals surface area contributed by atoms with Gasteiger partial charge in [-0.1, -0.05) is 39.0 Å². The summed E-state index contributed by atoms with van der Waals surface area (Å²) in [5.74, 6) is -0.546. The van der Waals surface area contributed by atoms with Gasteiger partial charge in [0.25, 0.3) is 5.91 Å². The Labute approximate surface area is 170 Å². The first-order chi connectivity index (χ1) is 13.5. The number of rotatable bonds is 4. The number of hydrogen-bond donors (Lipinski definition) is 1. The molecule has 0 unspecified atom stereocenters. The Morgan fingerprint density at radius 1 is 1.14 bits per heavy atom. The number of amides is 1. The van der Waals surface area contributed by atoms with Crippen molar-refractivity contribution in [1.29, 1.82) is 0 Å². The monoisotopic (exact) mass is 414 g/mol. The molecule has 5 nitrogen and oxygen atoms in total. The molecule has 2 aromatic carbocycles. The second-order valence-corrected chi connectivity index (χ2v) is 9.96. The maximum absolute atomic E-state index is 13.0. The maximum Gasteiger partial charge on any atom is 0.256 e. The Morgan fingerprint density at radius 2 is 1.83 bits per heavy atom. The van der Waals surface area contributed by atoms with Crippen LogP contribution in [-0.2, 0) is 15.6 Å². The van der Waals surface area contributed by atoms with Crippen LogP contribution in [0.5, 0.6) is 0 Å². The molecule has 1 aliphatic heterocycles. The first-order valence-corrected chi connectivity index (χ1v) is 10.9. The number of carbonyl (C=O) groups excluding carboxylic acids is 1. The summed E-state index contributed by atoms with van der Waals surface area (Å²) in [6.45, 7) is 6.16. The lowest BCUT2D eigenvalue weighted by Crippen LogP contribution is -2.29. The van der Waals surface area contributed by atoms with Crippen molar-refractivity contribution < 1.29 is 17.6 Å². The Kier molecular flexibility index (Phi) is 5.71. The predicted octanol–water partition coefficient (Wildman–Crippen LogP) is 4.26. The van der Waals surface area contributed by atoms with Crippen LogP contribution >= 0.6 is 0 Å². The fourth-order valence-corrected chi connectivity index (χ4v) is 4.27. The zero-order chi connectivity index (χ0) is 21.2. The zero-order valence-electron chi connectivity index (χ0n) is 16.6. The normalized spacial score (nSPS) is 14.3. The van der Waals surface area contributed by atoms with E-state index < -0.39 is 15.7 Å². The number of hydrogen-bond acceptors (Lipinski definition) is 4. The summed E-state index contributed by atoms with van der Waals surface area (Å²) < 4.78 is 38.2. The van der Waals surface area contributed by atoms with E-state index in [1.54, 1.807) is 24.3 Å². The second-order valence-electron chi connectivity index (χ2n) is 7.97. The fraction of sp³-hybridized carbons (Fsp3) is 0.273. The third-order valence-electron chi connectivity index (χ3n) is 4.49. The van der Waals surface area contributed by atoms with E-state index in [1.165, 1.54) is 12.1 Å². The number of nitrogens with one attached hydrogen (secondary N) is 1. The van der Waals surface area contributed by atoms with Gasteiger partial charge in [-0.15, -0.1) is 0 Å². The molecule has 0 fully saturated rings. The molecule has 1 amide bonds. The number of amidine groups is 1. The molecule has 7 heteroatoms. The third-order valence-corrected chi connectivity index (χ3v) is 6.19. The molecule has 0 saturated heterocycles. The van der Waals surface area contributed by atoms with Crippen molar-refractivity contribution in [2.75, 3.05) is 0 Å². The first kappa shape index (κ1) is 20.9. The van der Waals surface area contributed by atoms with E-state index in [1.807, 2.05) is 6.08 Å². The first-order valence-electron chi connectivity index (χ1n) is 9.21. The van der Waals surface area contributed by atoms with Crippen molar-refractivity contribution in [1.82, 2.24) is 5.32 Å². The summed E-state index contributed by atoms with van der Waals surface area (Å²) in [4.78, 5) is 17.1. The Morgan fingerprint density at radius 3 is 2.45 bits per heavy atom. The van der Waals surface area contributed by atoms with Gasteiger partial charge in [-0.2, -0.15) is 0 Å². The van der Waals surface area contributed by atoms with Crippen LogP contribution in [0.2, 0.25) is 0 Å². The molecule has 0 saturated carbocycles. The summed E-state index contributed by atoms with van der Waals surface area (Å²) in [6.07, 6.45) is 2.54. The molecule has 29 heavy (non-hydrogen) atoms. The van der Waals surface area contributed by atoms with Gasteiger partial charge in [0.05, 0.1) is 10.6 Å². The molecule has 1 N–H and O–H groups in total. The van der Waals surface area contributed by atoms with Crippen molar-refractivity contribution in [2.45, 2.75) is 37.8 Å². The number of aliphatic imine (C=N–C) groups is 1. The molecular weight excluding hydrogens is 391 g/mol. The van der Waals surface area contributed by atoms with Gasteiger partial charge in [-0.3, -0.25) is 4.79 Å². The molecule has 3 rings (SSSR count). The highest BCUT2D eigenvalue weighted by atomic mass is 32.2. The highest BCUT2D eigenvalue weighted by Crippen LogP contribution is 2.29. The van der Waals surface area contributed by atoms with Crippen molar-refractivity contribution in [2.24, 2.45) is 10.4 Å². The second kappa shape index (κ2) is 7.91. The van der Waals surface area contributed by atoms with Crippen LogP contribution in [0.1, 0.15) is 43.1 Å². The largest absolute Gasteiger partial charge is 0.310 e. The minimum atomic E-state index is -3.65. The van der Waals surface area contributed by atoms with Gasteiger partial charge in [0.2, 0.25) is 0 Å². The highest BCUT2D eigenvalue weighted by molar-refractivity contribution is 7.90. The summed E-state index contributed by atoms with van der Waals surface area (Å²) in [5, 5.41) is 2.79. The van der Waals surface area contributed by atoms with Gasteiger partial charge in [0, 0.05) is 23.1 Å². The summed E-state index contributed by atoms with van der Waals surface area (Å²) in [7, 11) is -3.65. The van der Waals surface area contributed by atoms with E-state index in [-0.39, 0.29) is 22.0 Å². The molecule has 0 spiro atoms. The lowest BCUT2D eigenvalue weighted by Gasteiger charge is -2.16. The molecular formula is C22H23FN2O3S. The van der Waals surface area contributed by atoms with E-state index in [0.717, 1.165) is 17.8 Å². The van der Waals surface area contributed by atoms with Gasteiger partial charge in [0.15, 0.2) is 9.84 Å². The Bertz CT molecular complexity index is 1100. The van der Waals surface area contributed by atoms with Crippen molar-refractivity contribution >= 4 is 21.6 Å². The lowest BCUT2D eigenvalue weighted by atomic mass is 9.92. The van der Waals surface area contributed by atoms with Gasteiger partial charge in [-0.25, -0.2) is 17.8 Å². The quantitative estimate of drug-likeness (QED) is 0.760. The summed E-state index contributed by atoms with van der Waals surface area (Å²) >= 11 is 0. The average molecular weight is 415 g/mol. The van der Waals surface area contributed by atoms with Crippen LogP contribution in [0, 0.1) is 11.2 Å². The van der Waals surface area contributed by atoms with Crippen LogP contribution in [0.4, 0.5) is 4.39 Å². The average Bonchev–Trinajstić information content (AvgIpc) is 3.11. The number of benzene rings is 2. The molecule has 1 aliphatic rings. The van der Waals surface area contributed by atoms with E-state index in [2.05, 4.69) is 31.1 Å². The number of carbonyl (C=O) groups is 1. The topological polar surface area (TPSA) is 75.6 Å². The SMILES string of the molecule is CC(C)(C)C1=CCC(NC(=O)c2cccc(CS(=O)(=O)c3ccc(F)cc3)c2)=N1. The van der Waals surface area contributed by atoms with Gasteiger partial charge < -0.3 is 5.32 Å². The number of sulfone groups is 1. The highest BCUT2D eigenvalue weighted by Gasteiger charge is 2.22. The van der Waals surface area contributed by atoms with Crippen LogP contribution in [-0.4, -0.2) is 20.2 Å². The molecule has 0 radical (unpaired) electrons. The fourth-order valence-electron chi connectivity index (χ4n) is 2.93. The van der Waals surface area contributed by atoms with E-state index in [9.17, 15) is 17.6 Å². The molecule has 0 aliphatic carbocycles. The van der Waals surface area contributed by atoms with E-state index in [4.69, 9.17) is 0 Å². The van der Waals surface area contributed by atoms with Crippen molar-refractivity contribution in [3.63, 3.8) is 0 Å². The van der Waals surface area contributed by atoms with E-state index in [0.29, 0.717) is 23.4 Å². The molecule has 2 aromatic rings. The molecule has 1 heterocycles. The zero-order valence-corrected chi connectivity index (χ0v) is 17.4. The lowest BCUT2D eigenvalue weighted by molar-refractivity contribution is 0.0976.